The van der Waals surface area contributed by atoms with Crippen molar-refractivity contribution in [1.82, 2.24) is 9.73 Å². The van der Waals surface area contributed by atoms with E-state index in [1.165, 1.54) is 6.26 Å². The van der Waals surface area contributed by atoms with Crippen molar-refractivity contribution in [3.05, 3.63) is 0 Å². The number of nitrogens with two attached hydrogens (primary N) is 1. The first-order chi connectivity index (χ1) is 6.55. The Hall–Kier alpha value is -0.170. The fourth-order valence-electron chi connectivity index (χ4n) is 1.95. The van der Waals surface area contributed by atoms with Crippen LogP contribution >= 0.6 is 0 Å². The van der Waals surface area contributed by atoms with Gasteiger partial charge < -0.3 is 0 Å². The van der Waals surface area contributed by atoms with Gasteiger partial charge in [-0.05, 0) is 19.3 Å². The predicted octanol–water partition coefficient (Wildman–Crippen LogP) is -0.346. The van der Waals surface area contributed by atoms with Crippen LogP contribution in [0, 0.1) is 0 Å². The fourth-order valence-corrected chi connectivity index (χ4v) is 3.16. The first-order valence-electron chi connectivity index (χ1n) is 4.96. The highest BCUT2D eigenvalue weighted by Crippen LogP contribution is 2.21. The Morgan fingerprint density at radius 2 is 2.21 bits per heavy atom. The van der Waals surface area contributed by atoms with Gasteiger partial charge in [-0.25, -0.2) is 8.42 Å². The summed E-state index contributed by atoms with van der Waals surface area (Å²) in [5, 5.41) is 0. The second-order valence-corrected chi connectivity index (χ2v) is 5.70. The molecule has 1 aliphatic heterocycles. The number of hydrogen-bond donors (Lipinski definition) is 2. The molecular weight excluding hydrogens is 202 g/mol. The molecule has 0 saturated carbocycles. The van der Waals surface area contributed by atoms with Gasteiger partial charge in [0.15, 0.2) is 0 Å². The molecule has 1 aliphatic rings. The van der Waals surface area contributed by atoms with Gasteiger partial charge in [-0.1, -0.05) is 6.42 Å². The SMILES string of the molecule is CS(=O)(=O)N1CCCCC1CCNN. The summed E-state index contributed by atoms with van der Waals surface area (Å²) >= 11 is 0. The molecule has 0 aromatic rings. The van der Waals surface area contributed by atoms with E-state index in [0.29, 0.717) is 13.1 Å². The summed E-state index contributed by atoms with van der Waals surface area (Å²) in [6.07, 6.45) is 5.11. The molecule has 3 N–H and O–H groups in total. The Balaban J connectivity index is 2.60. The second-order valence-electron chi connectivity index (χ2n) is 3.77. The van der Waals surface area contributed by atoms with Crippen LogP contribution in [0.5, 0.6) is 0 Å². The van der Waals surface area contributed by atoms with E-state index < -0.39 is 10.0 Å². The van der Waals surface area contributed by atoms with E-state index in [2.05, 4.69) is 5.43 Å². The van der Waals surface area contributed by atoms with Crippen LogP contribution in [0.3, 0.4) is 0 Å². The van der Waals surface area contributed by atoms with Crippen molar-refractivity contribution in [2.45, 2.75) is 31.7 Å². The van der Waals surface area contributed by atoms with Gasteiger partial charge in [0.25, 0.3) is 0 Å². The van der Waals surface area contributed by atoms with Crippen molar-refractivity contribution >= 4 is 10.0 Å². The van der Waals surface area contributed by atoms with Gasteiger partial charge in [0, 0.05) is 19.1 Å². The Morgan fingerprint density at radius 3 is 2.79 bits per heavy atom. The summed E-state index contributed by atoms with van der Waals surface area (Å²) in [5.74, 6) is 5.18. The third kappa shape index (κ3) is 3.20. The van der Waals surface area contributed by atoms with Gasteiger partial charge in [0.1, 0.15) is 0 Å². The quantitative estimate of drug-likeness (QED) is 0.503. The minimum Gasteiger partial charge on any atom is -0.271 e. The number of piperidine rings is 1. The number of hydrazine groups is 1. The highest BCUT2D eigenvalue weighted by molar-refractivity contribution is 7.88. The zero-order chi connectivity index (χ0) is 10.6. The third-order valence-corrected chi connectivity index (χ3v) is 3.95. The maximum Gasteiger partial charge on any atom is 0.211 e. The molecule has 1 atom stereocenters. The number of hydrogen-bond acceptors (Lipinski definition) is 4. The van der Waals surface area contributed by atoms with Crippen LogP contribution in [0.4, 0.5) is 0 Å². The molecule has 1 fully saturated rings. The standard InChI is InChI=1S/C8H19N3O2S/c1-14(12,13)11-7-3-2-4-8(11)5-6-10-9/h8,10H,2-7,9H2,1H3. The molecule has 0 aromatic heterocycles. The van der Waals surface area contributed by atoms with E-state index in [4.69, 9.17) is 5.84 Å². The van der Waals surface area contributed by atoms with Gasteiger partial charge in [-0.15, -0.1) is 0 Å². The number of nitrogens with one attached hydrogen (secondary N) is 1. The van der Waals surface area contributed by atoms with Crippen molar-refractivity contribution < 1.29 is 8.42 Å². The molecule has 0 bridgehead atoms. The van der Waals surface area contributed by atoms with E-state index in [9.17, 15) is 8.42 Å². The molecule has 0 aliphatic carbocycles. The molecule has 1 heterocycles. The van der Waals surface area contributed by atoms with E-state index in [1.54, 1.807) is 4.31 Å². The maximum atomic E-state index is 11.4. The van der Waals surface area contributed by atoms with E-state index >= 15 is 0 Å². The monoisotopic (exact) mass is 221 g/mol. The largest absolute Gasteiger partial charge is 0.271 e. The lowest BCUT2D eigenvalue weighted by Crippen LogP contribution is -2.44. The summed E-state index contributed by atoms with van der Waals surface area (Å²) < 4.78 is 24.5. The van der Waals surface area contributed by atoms with Crippen molar-refractivity contribution in [2.24, 2.45) is 5.84 Å². The molecule has 0 spiro atoms. The average Bonchev–Trinajstić information content (AvgIpc) is 2.14. The summed E-state index contributed by atoms with van der Waals surface area (Å²) in [6, 6.07) is 0.134. The molecule has 1 unspecified atom stereocenters. The predicted molar refractivity (Wildman–Crippen MR) is 56.0 cm³/mol. The normalized spacial score (nSPS) is 25.1. The van der Waals surface area contributed by atoms with Gasteiger partial charge in [0.2, 0.25) is 10.0 Å². The van der Waals surface area contributed by atoms with E-state index in [1.807, 2.05) is 0 Å². The smallest absolute Gasteiger partial charge is 0.211 e. The van der Waals surface area contributed by atoms with Crippen LogP contribution in [0.2, 0.25) is 0 Å². The number of nitrogens with zero attached hydrogens (tertiary/aromatic N) is 1. The van der Waals surface area contributed by atoms with E-state index in [0.717, 1.165) is 25.7 Å². The maximum absolute atomic E-state index is 11.4. The van der Waals surface area contributed by atoms with Gasteiger partial charge in [-0.2, -0.15) is 4.31 Å². The molecule has 0 amide bonds. The average molecular weight is 221 g/mol. The number of sulfonamides is 1. The lowest BCUT2D eigenvalue weighted by Gasteiger charge is -2.33. The lowest BCUT2D eigenvalue weighted by molar-refractivity contribution is 0.241. The van der Waals surface area contributed by atoms with Crippen molar-refractivity contribution in [2.75, 3.05) is 19.3 Å². The molecule has 5 nitrogen and oxygen atoms in total. The first-order valence-corrected chi connectivity index (χ1v) is 6.81. The highest BCUT2D eigenvalue weighted by Gasteiger charge is 2.28. The van der Waals surface area contributed by atoms with Crippen molar-refractivity contribution in [3.8, 4) is 0 Å². The summed E-state index contributed by atoms with van der Waals surface area (Å²) in [7, 11) is -3.04. The van der Waals surface area contributed by atoms with Crippen molar-refractivity contribution in [3.63, 3.8) is 0 Å². The van der Waals surface area contributed by atoms with Gasteiger partial charge >= 0.3 is 0 Å². The Bertz CT molecular complexity index is 266. The van der Waals surface area contributed by atoms with Crippen LogP contribution in [0.25, 0.3) is 0 Å². The van der Waals surface area contributed by atoms with Crippen LogP contribution in [-0.2, 0) is 10.0 Å². The molecule has 0 radical (unpaired) electrons. The van der Waals surface area contributed by atoms with Crippen LogP contribution in [0.1, 0.15) is 25.7 Å². The lowest BCUT2D eigenvalue weighted by atomic mass is 10.0. The van der Waals surface area contributed by atoms with Crippen LogP contribution in [0.15, 0.2) is 0 Å². The zero-order valence-corrected chi connectivity index (χ0v) is 9.39. The fraction of sp³-hybridized carbons (Fsp3) is 1.00. The zero-order valence-electron chi connectivity index (χ0n) is 8.57. The summed E-state index contributed by atoms with van der Waals surface area (Å²) in [5.41, 5.74) is 2.57. The topological polar surface area (TPSA) is 75.4 Å². The van der Waals surface area contributed by atoms with Gasteiger partial charge in [0.05, 0.1) is 6.26 Å². The highest BCUT2D eigenvalue weighted by atomic mass is 32.2. The summed E-state index contributed by atoms with van der Waals surface area (Å²) in [6.45, 7) is 1.32. The minimum absolute atomic E-state index is 0.134. The number of rotatable bonds is 4. The molecular formula is C8H19N3O2S. The van der Waals surface area contributed by atoms with Crippen LogP contribution < -0.4 is 11.3 Å². The molecule has 6 heteroatoms. The second kappa shape index (κ2) is 5.06. The Labute approximate surface area is 85.7 Å². The molecule has 1 rings (SSSR count). The third-order valence-electron chi connectivity index (χ3n) is 2.62. The summed E-state index contributed by atoms with van der Waals surface area (Å²) in [4.78, 5) is 0. The minimum atomic E-state index is -3.04. The molecule has 14 heavy (non-hydrogen) atoms. The van der Waals surface area contributed by atoms with E-state index in [-0.39, 0.29) is 6.04 Å². The molecule has 84 valence electrons. The Morgan fingerprint density at radius 1 is 1.50 bits per heavy atom. The first kappa shape index (κ1) is 11.9. The molecule has 1 saturated heterocycles. The Kier molecular flexibility index (Phi) is 4.31. The van der Waals surface area contributed by atoms with Gasteiger partial charge in [-0.3, -0.25) is 11.3 Å². The van der Waals surface area contributed by atoms with Crippen molar-refractivity contribution in [1.29, 1.82) is 0 Å². The molecule has 0 aromatic carbocycles. The van der Waals surface area contributed by atoms with Crippen LogP contribution in [-0.4, -0.2) is 38.1 Å².